The number of unbranched alkanes of at least 4 members (excludes halogenated alkanes) is 3. The summed E-state index contributed by atoms with van der Waals surface area (Å²) in [5.41, 5.74) is 5.56. The minimum Gasteiger partial charge on any atom is -0.481 e. The highest BCUT2D eigenvalue weighted by atomic mass is 31.2. The molecule has 14 heteroatoms. The van der Waals surface area contributed by atoms with E-state index in [1.54, 1.807) is 31.7 Å². The number of aliphatic carboxylic acids is 1. The summed E-state index contributed by atoms with van der Waals surface area (Å²) in [7, 11) is -3.67. The number of carboxylic acid groups (broad SMARTS) is 1. The number of rotatable bonds is 18. The monoisotopic (exact) mass is 569 g/mol. The molecule has 2 rings (SSSR count). The number of carbonyl (C=O) groups is 2. The van der Waals surface area contributed by atoms with Gasteiger partial charge in [-0.1, -0.05) is 40.0 Å². The number of imidazole rings is 1. The zero-order chi connectivity index (χ0) is 29.2. The van der Waals surface area contributed by atoms with E-state index in [-0.39, 0.29) is 31.1 Å². The molecular weight excluding hydrogens is 525 g/mol. The minimum absolute atomic E-state index is 0.148. The smallest absolute Gasteiger partial charge is 0.326 e. The predicted molar refractivity (Wildman–Crippen MR) is 149 cm³/mol. The van der Waals surface area contributed by atoms with E-state index in [1.165, 1.54) is 6.33 Å². The third kappa shape index (κ3) is 10.1. The second-order valence-corrected chi connectivity index (χ2v) is 12.9. The number of nitrogens with zero attached hydrogens (tertiary/aromatic N) is 4. The van der Waals surface area contributed by atoms with Gasteiger partial charge in [-0.3, -0.25) is 14.2 Å². The Bertz CT molecular complexity index is 1140. The Morgan fingerprint density at radius 3 is 2.54 bits per heavy atom. The largest absolute Gasteiger partial charge is 0.481 e. The zero-order valence-corrected chi connectivity index (χ0v) is 24.7. The van der Waals surface area contributed by atoms with Gasteiger partial charge in [0.05, 0.1) is 32.0 Å². The topological polar surface area (TPSA) is 184 Å². The molecule has 0 aliphatic rings. The maximum absolute atomic E-state index is 14.2. The van der Waals surface area contributed by atoms with Gasteiger partial charge in [0, 0.05) is 6.04 Å². The molecule has 5 N–H and O–H groups in total. The summed E-state index contributed by atoms with van der Waals surface area (Å²) in [6.07, 6.45) is 5.77. The molecule has 0 aliphatic carbocycles. The lowest BCUT2D eigenvalue weighted by atomic mass is 10.0. The number of nitrogens with one attached hydrogen (secondary N) is 2. The van der Waals surface area contributed by atoms with Crippen LogP contribution in [0.25, 0.3) is 11.2 Å². The van der Waals surface area contributed by atoms with E-state index in [2.05, 4.69) is 32.1 Å². The van der Waals surface area contributed by atoms with Gasteiger partial charge in [0.25, 0.3) is 0 Å². The molecule has 0 amide bonds. The summed E-state index contributed by atoms with van der Waals surface area (Å²) in [5.74, 6) is -1.45. The van der Waals surface area contributed by atoms with Crippen LogP contribution >= 0.6 is 7.44 Å². The highest BCUT2D eigenvalue weighted by molar-refractivity contribution is 7.59. The molecule has 3 atom stereocenters. The Balaban J connectivity index is 2.16. The molecule has 0 spiro atoms. The van der Waals surface area contributed by atoms with Gasteiger partial charge in [-0.2, -0.15) is 0 Å². The Morgan fingerprint density at radius 1 is 1.18 bits per heavy atom. The molecule has 39 heavy (non-hydrogen) atoms. The molecule has 0 saturated carbocycles. The van der Waals surface area contributed by atoms with Crippen molar-refractivity contribution in [3.05, 3.63) is 12.7 Å². The van der Waals surface area contributed by atoms with Crippen molar-refractivity contribution in [1.82, 2.24) is 29.7 Å². The fraction of sp³-hybridized carbons (Fsp3) is 0.720. The first-order chi connectivity index (χ1) is 18.3. The van der Waals surface area contributed by atoms with Gasteiger partial charge in [0.2, 0.25) is 7.44 Å². The molecule has 220 valence electrons. The lowest BCUT2D eigenvalue weighted by Crippen LogP contribution is -2.50. The fourth-order valence-corrected chi connectivity index (χ4v) is 6.54. The van der Waals surface area contributed by atoms with E-state index >= 15 is 0 Å². The first-order valence-corrected chi connectivity index (χ1v) is 15.3. The van der Waals surface area contributed by atoms with E-state index in [9.17, 15) is 19.3 Å². The van der Waals surface area contributed by atoms with Crippen LogP contribution in [0.1, 0.15) is 73.6 Å². The molecule has 1 unspecified atom stereocenters. The molecule has 2 aromatic heterocycles. The number of hydrogen-bond acceptors (Lipinski definition) is 9. The van der Waals surface area contributed by atoms with Crippen LogP contribution in [0.3, 0.4) is 0 Å². The molecule has 2 aromatic rings. The number of aromatic nitrogens is 4. The van der Waals surface area contributed by atoms with Crippen molar-refractivity contribution in [3.63, 3.8) is 0 Å². The molecule has 0 fully saturated rings. The quantitative estimate of drug-likeness (QED) is 0.116. The summed E-state index contributed by atoms with van der Waals surface area (Å²) in [4.78, 5) is 36.8. The number of fused-ring (bicyclic) bond motifs is 1. The van der Waals surface area contributed by atoms with Crippen molar-refractivity contribution in [2.45, 2.75) is 97.9 Å². The van der Waals surface area contributed by atoms with Crippen LogP contribution in [0.2, 0.25) is 0 Å². The van der Waals surface area contributed by atoms with Gasteiger partial charge in [0.15, 0.2) is 11.5 Å². The van der Waals surface area contributed by atoms with Gasteiger partial charge in [-0.05, 0) is 33.1 Å². The van der Waals surface area contributed by atoms with Crippen LogP contribution in [-0.2, 0) is 30.2 Å². The van der Waals surface area contributed by atoms with Crippen molar-refractivity contribution in [1.29, 1.82) is 0 Å². The lowest BCUT2D eigenvalue weighted by molar-refractivity contribution is -0.149. The number of nitrogens with two attached hydrogens (primary N) is 1. The van der Waals surface area contributed by atoms with Crippen molar-refractivity contribution < 1.29 is 28.7 Å². The fourth-order valence-electron chi connectivity index (χ4n) is 3.95. The van der Waals surface area contributed by atoms with Crippen LogP contribution in [0, 0.1) is 5.92 Å². The Hall–Kier alpha value is -2.60. The Kier molecular flexibility index (Phi) is 12.3. The summed E-state index contributed by atoms with van der Waals surface area (Å²) in [6, 6.07) is -0.627. The molecule has 0 radical (unpaired) electrons. The minimum atomic E-state index is -3.67. The average molecular weight is 570 g/mol. The summed E-state index contributed by atoms with van der Waals surface area (Å²) in [5, 5.41) is 15.3. The lowest BCUT2D eigenvalue weighted by Gasteiger charge is -2.34. The number of esters is 1. The molecule has 0 aliphatic heterocycles. The number of hydrogen-bond donors (Lipinski definition) is 4. The third-order valence-corrected chi connectivity index (χ3v) is 8.38. The maximum atomic E-state index is 14.2. The van der Waals surface area contributed by atoms with Crippen molar-refractivity contribution in [2.24, 2.45) is 5.92 Å². The molecule has 2 heterocycles. The van der Waals surface area contributed by atoms with E-state index in [0.29, 0.717) is 17.7 Å². The highest BCUT2D eigenvalue weighted by Crippen LogP contribution is 2.41. The van der Waals surface area contributed by atoms with Crippen LogP contribution in [0.15, 0.2) is 12.7 Å². The van der Waals surface area contributed by atoms with Crippen LogP contribution < -0.4 is 15.9 Å². The summed E-state index contributed by atoms with van der Waals surface area (Å²) in [6.45, 7) is 11.3. The molecule has 13 nitrogen and oxygen atoms in total. The second-order valence-electron chi connectivity index (χ2n) is 10.7. The van der Waals surface area contributed by atoms with Gasteiger partial charge in [0.1, 0.15) is 23.7 Å². The maximum Gasteiger partial charge on any atom is 0.326 e. The zero-order valence-electron chi connectivity index (χ0n) is 23.8. The molecule has 0 saturated heterocycles. The van der Waals surface area contributed by atoms with Crippen LogP contribution in [0.5, 0.6) is 0 Å². The SMILES string of the molecule is CCCCCCOC(=O)C(C)(C)N[P@@](=O)(COC(C)Cn1cnc2c(N)ncnc21)N[C@@H](CC(=O)O)C(C)C. The van der Waals surface area contributed by atoms with E-state index in [0.717, 1.165) is 25.7 Å². The Morgan fingerprint density at radius 2 is 1.90 bits per heavy atom. The van der Waals surface area contributed by atoms with Gasteiger partial charge < -0.3 is 24.9 Å². The number of ether oxygens (including phenoxy) is 2. The third-order valence-electron chi connectivity index (χ3n) is 6.20. The van der Waals surface area contributed by atoms with Crippen LogP contribution in [0.4, 0.5) is 5.82 Å². The van der Waals surface area contributed by atoms with Crippen LogP contribution in [-0.4, -0.2) is 67.2 Å². The first-order valence-electron chi connectivity index (χ1n) is 13.4. The van der Waals surface area contributed by atoms with E-state index in [1.807, 2.05) is 13.8 Å². The van der Waals surface area contributed by atoms with E-state index in [4.69, 9.17) is 15.2 Å². The van der Waals surface area contributed by atoms with Crippen molar-refractivity contribution in [2.75, 3.05) is 18.7 Å². The normalized spacial score (nSPS) is 15.3. The van der Waals surface area contributed by atoms with Gasteiger partial charge in [-0.25, -0.2) is 25.1 Å². The second kappa shape index (κ2) is 14.7. The number of carbonyl (C=O) groups excluding carboxylic acids is 1. The van der Waals surface area contributed by atoms with E-state index < -0.39 is 37.1 Å². The standard InChI is InChI=1S/C25H44N7O6P/c1-7-8-9-10-11-37-24(35)25(5,6)31-39(36,30-19(17(2)3)12-20(33)34)16-38-18(4)13-32-15-29-21-22(26)27-14-28-23(21)32/h14-15,17-19H,7-13,16H2,1-6H3,(H,33,34)(H2,26,27,28)(H2,30,31,36)/t18?,19-,39+/m0/s1. The molecule has 0 bridgehead atoms. The average Bonchev–Trinajstić information content (AvgIpc) is 3.25. The number of nitrogen functional groups attached to an aromatic ring is 1. The molecule has 0 aromatic carbocycles. The van der Waals surface area contributed by atoms with Crippen molar-refractivity contribution in [3.8, 4) is 0 Å². The number of carboxylic acids is 1. The van der Waals surface area contributed by atoms with Gasteiger partial charge in [-0.15, -0.1) is 0 Å². The first kappa shape index (κ1) is 32.6. The van der Waals surface area contributed by atoms with Crippen molar-refractivity contribution >= 4 is 36.4 Å². The summed E-state index contributed by atoms with van der Waals surface area (Å²) < 4.78 is 27.4. The predicted octanol–water partition coefficient (Wildman–Crippen LogP) is 3.54. The van der Waals surface area contributed by atoms with Gasteiger partial charge >= 0.3 is 11.9 Å². The highest BCUT2D eigenvalue weighted by Gasteiger charge is 2.39. The Labute approximate surface area is 230 Å². The summed E-state index contributed by atoms with van der Waals surface area (Å²) >= 11 is 0. The molecular formula is C25H44N7O6P. The number of anilines is 1.